The second-order valence-electron chi connectivity index (χ2n) is 3.91. The molecule has 0 spiro atoms. The van der Waals surface area contributed by atoms with E-state index in [2.05, 4.69) is 20.4 Å². The largest absolute Gasteiger partial charge is 0.364 e. The number of nitrogens with one attached hydrogen (secondary N) is 2. The number of nitrogens with zero attached hydrogens (tertiary/aromatic N) is 3. The number of carbonyl (C=O) groups excluding carboxylic acids is 2. The molecule has 19 heavy (non-hydrogen) atoms. The number of hydrogen-bond donors (Lipinski definition) is 3. The fraction of sp³-hybridized carbons (Fsp3) is 0.273. The predicted octanol–water partition coefficient (Wildman–Crippen LogP) is 0.252. The first kappa shape index (κ1) is 12.8. The lowest BCUT2D eigenvalue weighted by atomic mass is 10.3. The molecule has 0 aliphatic heterocycles. The molecular weight excluding hydrogens is 248 g/mol. The summed E-state index contributed by atoms with van der Waals surface area (Å²) >= 11 is 0. The van der Waals surface area contributed by atoms with E-state index < -0.39 is 5.91 Å². The number of rotatable bonds is 4. The van der Waals surface area contributed by atoms with E-state index in [1.54, 1.807) is 6.07 Å². The third kappa shape index (κ3) is 2.46. The summed E-state index contributed by atoms with van der Waals surface area (Å²) in [4.78, 5) is 33.3. The van der Waals surface area contributed by atoms with Gasteiger partial charge in [-0.3, -0.25) is 20.0 Å². The van der Waals surface area contributed by atoms with Gasteiger partial charge in [0.05, 0.1) is 5.39 Å². The Labute approximate surface area is 109 Å². The van der Waals surface area contributed by atoms with Crippen molar-refractivity contribution in [2.75, 3.05) is 12.0 Å². The summed E-state index contributed by atoms with van der Waals surface area (Å²) in [7, 11) is 0. The lowest BCUT2D eigenvalue weighted by Gasteiger charge is -2.20. The van der Waals surface area contributed by atoms with Crippen LogP contribution < -0.4 is 11.2 Å². The summed E-state index contributed by atoms with van der Waals surface area (Å²) in [5.74, 6) is -0.284. The van der Waals surface area contributed by atoms with Crippen LogP contribution in [0.2, 0.25) is 0 Å². The monoisotopic (exact) mass is 262 g/mol. The highest BCUT2D eigenvalue weighted by Gasteiger charge is 2.13. The van der Waals surface area contributed by atoms with Crippen LogP contribution in [0.3, 0.4) is 0 Å². The Hall–Kier alpha value is -2.64. The maximum atomic E-state index is 11.4. The van der Waals surface area contributed by atoms with Crippen molar-refractivity contribution < 1.29 is 9.59 Å². The quantitative estimate of drug-likeness (QED) is 0.683. The second kappa shape index (κ2) is 4.92. The molecule has 100 valence electrons. The Kier molecular flexibility index (Phi) is 3.32. The molecule has 0 atom stereocenters. The van der Waals surface area contributed by atoms with E-state index in [-0.39, 0.29) is 11.6 Å². The number of hydrazine groups is 1. The normalized spacial score (nSPS) is 10.4. The third-order valence-corrected chi connectivity index (χ3v) is 2.63. The van der Waals surface area contributed by atoms with Crippen molar-refractivity contribution >= 4 is 28.7 Å². The third-order valence-electron chi connectivity index (χ3n) is 2.63. The summed E-state index contributed by atoms with van der Waals surface area (Å²) in [6.07, 6.45) is 1.33. The number of aromatic nitrogens is 3. The number of nitrogens with two attached hydrogens (primary N) is 1. The number of aromatic amines is 1. The number of fused-ring (bicyclic) bond motifs is 1. The van der Waals surface area contributed by atoms with E-state index in [9.17, 15) is 9.59 Å². The van der Waals surface area contributed by atoms with Crippen LogP contribution in [-0.2, 0) is 4.79 Å². The SMILES string of the molecule is CCN(Nc1ncnc2[nH]c(C(N)=O)cc12)C(C)=O. The highest BCUT2D eigenvalue weighted by atomic mass is 16.2. The van der Waals surface area contributed by atoms with Crippen molar-refractivity contribution in [3.8, 4) is 0 Å². The fourth-order valence-corrected chi connectivity index (χ4v) is 1.67. The molecule has 0 saturated heterocycles. The van der Waals surface area contributed by atoms with E-state index in [0.29, 0.717) is 23.4 Å². The lowest BCUT2D eigenvalue weighted by Crippen LogP contribution is -2.34. The maximum Gasteiger partial charge on any atom is 0.265 e. The highest BCUT2D eigenvalue weighted by Crippen LogP contribution is 2.20. The molecule has 4 N–H and O–H groups in total. The van der Waals surface area contributed by atoms with Gasteiger partial charge in [0.25, 0.3) is 5.91 Å². The van der Waals surface area contributed by atoms with E-state index >= 15 is 0 Å². The van der Waals surface area contributed by atoms with Crippen molar-refractivity contribution in [3.05, 3.63) is 18.1 Å². The minimum atomic E-state index is -0.581. The van der Waals surface area contributed by atoms with Gasteiger partial charge < -0.3 is 10.7 Å². The number of H-pyrrole nitrogens is 1. The zero-order valence-electron chi connectivity index (χ0n) is 10.6. The molecule has 2 aromatic rings. The molecule has 2 amide bonds. The van der Waals surface area contributed by atoms with Crippen molar-refractivity contribution in [2.45, 2.75) is 13.8 Å². The van der Waals surface area contributed by atoms with E-state index in [0.717, 1.165) is 0 Å². The average Bonchev–Trinajstić information content (AvgIpc) is 2.80. The van der Waals surface area contributed by atoms with Crippen LogP contribution in [-0.4, -0.2) is 38.3 Å². The predicted molar refractivity (Wildman–Crippen MR) is 69.1 cm³/mol. The zero-order valence-corrected chi connectivity index (χ0v) is 10.6. The summed E-state index contributed by atoms with van der Waals surface area (Å²) in [5, 5.41) is 2.00. The number of amides is 2. The van der Waals surface area contributed by atoms with Gasteiger partial charge in [-0.15, -0.1) is 0 Å². The minimum Gasteiger partial charge on any atom is -0.364 e. The number of hydrogen-bond acceptors (Lipinski definition) is 5. The van der Waals surface area contributed by atoms with Crippen molar-refractivity contribution in [1.29, 1.82) is 0 Å². The van der Waals surface area contributed by atoms with Gasteiger partial charge in [-0.05, 0) is 13.0 Å². The molecule has 0 fully saturated rings. The van der Waals surface area contributed by atoms with E-state index in [1.165, 1.54) is 18.3 Å². The van der Waals surface area contributed by atoms with Crippen molar-refractivity contribution in [2.24, 2.45) is 5.73 Å². The second-order valence-corrected chi connectivity index (χ2v) is 3.91. The zero-order chi connectivity index (χ0) is 14.0. The smallest absolute Gasteiger partial charge is 0.265 e. The molecule has 2 aromatic heterocycles. The molecule has 8 nitrogen and oxygen atoms in total. The van der Waals surface area contributed by atoms with Crippen LogP contribution in [0.5, 0.6) is 0 Å². The minimum absolute atomic E-state index is 0.139. The average molecular weight is 262 g/mol. The van der Waals surface area contributed by atoms with Gasteiger partial charge in [-0.2, -0.15) is 0 Å². The van der Waals surface area contributed by atoms with Gasteiger partial charge in [-0.25, -0.2) is 9.97 Å². The Bertz CT molecular complexity index is 635. The molecule has 2 heterocycles. The summed E-state index contributed by atoms with van der Waals surface area (Å²) in [6, 6.07) is 1.55. The molecule has 0 aliphatic carbocycles. The molecule has 0 aliphatic rings. The van der Waals surface area contributed by atoms with Gasteiger partial charge >= 0.3 is 0 Å². The summed E-state index contributed by atoms with van der Waals surface area (Å²) in [5.41, 5.74) is 8.80. The highest BCUT2D eigenvalue weighted by molar-refractivity contribution is 5.99. The van der Waals surface area contributed by atoms with Gasteiger partial charge in [0, 0.05) is 13.5 Å². The first-order valence-corrected chi connectivity index (χ1v) is 5.71. The number of carbonyl (C=O) groups is 2. The van der Waals surface area contributed by atoms with Gasteiger partial charge in [0.1, 0.15) is 17.7 Å². The summed E-state index contributed by atoms with van der Waals surface area (Å²) in [6.45, 7) is 3.76. The molecule has 0 bridgehead atoms. The van der Waals surface area contributed by atoms with Crippen LogP contribution in [0.15, 0.2) is 12.4 Å². The number of primary amides is 1. The van der Waals surface area contributed by atoms with Crippen LogP contribution in [0, 0.1) is 0 Å². The van der Waals surface area contributed by atoms with Gasteiger partial charge in [-0.1, -0.05) is 0 Å². The van der Waals surface area contributed by atoms with E-state index in [4.69, 9.17) is 5.73 Å². The lowest BCUT2D eigenvalue weighted by molar-refractivity contribution is -0.127. The standard InChI is InChI=1S/C11H14N6O2/c1-3-17(6(2)18)16-11-7-4-8(9(12)19)15-10(7)13-5-14-11/h4-5H,3H2,1-2H3,(H2,12,19)(H2,13,14,15,16). The van der Waals surface area contributed by atoms with Gasteiger partial charge in [0.15, 0.2) is 5.82 Å². The molecule has 8 heteroatoms. The molecule has 0 aromatic carbocycles. The van der Waals surface area contributed by atoms with Crippen LogP contribution >= 0.6 is 0 Å². The van der Waals surface area contributed by atoms with Crippen LogP contribution in [0.25, 0.3) is 11.0 Å². The van der Waals surface area contributed by atoms with Crippen LogP contribution in [0.4, 0.5) is 5.82 Å². The summed E-state index contributed by atoms with van der Waals surface area (Å²) < 4.78 is 0. The first-order chi connectivity index (χ1) is 9.02. The van der Waals surface area contributed by atoms with Crippen molar-refractivity contribution in [1.82, 2.24) is 20.0 Å². The Morgan fingerprint density at radius 2 is 2.21 bits per heavy atom. The fourth-order valence-electron chi connectivity index (χ4n) is 1.67. The number of anilines is 1. The molecule has 0 saturated carbocycles. The molecule has 0 unspecified atom stereocenters. The van der Waals surface area contributed by atoms with E-state index in [1.807, 2.05) is 6.92 Å². The first-order valence-electron chi connectivity index (χ1n) is 5.71. The molecule has 0 radical (unpaired) electrons. The Morgan fingerprint density at radius 3 is 2.79 bits per heavy atom. The Balaban J connectivity index is 2.43. The van der Waals surface area contributed by atoms with Gasteiger partial charge in [0.2, 0.25) is 5.91 Å². The van der Waals surface area contributed by atoms with Crippen molar-refractivity contribution in [3.63, 3.8) is 0 Å². The maximum absolute atomic E-state index is 11.4. The van der Waals surface area contributed by atoms with Crippen LogP contribution in [0.1, 0.15) is 24.3 Å². The molecule has 2 rings (SSSR count). The topological polar surface area (TPSA) is 117 Å². The Morgan fingerprint density at radius 1 is 1.47 bits per heavy atom. The molecular formula is C11H14N6O2.